The van der Waals surface area contributed by atoms with Crippen molar-refractivity contribution in [2.75, 3.05) is 50.5 Å². The van der Waals surface area contributed by atoms with Crippen LogP contribution in [-0.2, 0) is 18.0 Å². The first-order valence-corrected chi connectivity index (χ1v) is 24.5. The summed E-state index contributed by atoms with van der Waals surface area (Å²) in [4.78, 5) is 0. The van der Waals surface area contributed by atoms with Crippen LogP contribution in [0.1, 0.15) is 67.2 Å². The Kier molecular flexibility index (Phi) is 21.0. The van der Waals surface area contributed by atoms with Crippen molar-refractivity contribution in [2.24, 2.45) is 0 Å². The van der Waals surface area contributed by atoms with Crippen LogP contribution in [0.15, 0.2) is 0 Å². The Hall–Kier alpha value is 1.41. The molecule has 0 saturated heterocycles. The van der Waals surface area contributed by atoms with Gasteiger partial charge in [0.1, 0.15) is 13.3 Å². The average molecular weight is 656 g/mol. The van der Waals surface area contributed by atoms with Crippen LogP contribution in [0.25, 0.3) is 0 Å². The van der Waals surface area contributed by atoms with Crippen LogP contribution >= 0.6 is 37.5 Å². The van der Waals surface area contributed by atoms with Gasteiger partial charge in [0.25, 0.3) is 0 Å². The number of rotatable bonds is 11. The van der Waals surface area contributed by atoms with Crippen LogP contribution in [-0.4, -0.2) is 67.1 Å². The summed E-state index contributed by atoms with van der Waals surface area (Å²) in [6.45, 7) is 31.7. The molecule has 0 atom stereocenters. The fourth-order valence-corrected chi connectivity index (χ4v) is 5.58. The third kappa shape index (κ3) is 24.9. The van der Waals surface area contributed by atoms with Crippen LogP contribution in [0.3, 0.4) is 0 Å². The maximum Gasteiger partial charge on any atom is 0.332 e. The van der Waals surface area contributed by atoms with Gasteiger partial charge in [0.05, 0.1) is 7.14 Å². The Morgan fingerprint density at radius 2 is 1.06 bits per heavy atom. The van der Waals surface area contributed by atoms with Gasteiger partial charge in [-0.3, -0.25) is 0 Å². The highest BCUT2D eigenvalue weighted by Crippen LogP contribution is 2.38. The maximum absolute atomic E-state index is 11.5. The SMILES string of the molecule is CC(C)(C)[Si](C)(C)OCCCCI.CC(C)(C)[Si](C)(C)OCCCCP(C)(C)=O.C[P+](C)=O. The summed E-state index contributed by atoms with van der Waals surface area (Å²) in [6, 6.07) is 0. The first kappa shape index (κ1) is 38.9. The van der Waals surface area contributed by atoms with E-state index in [0.29, 0.717) is 5.04 Å². The zero-order valence-corrected chi connectivity index (χ0v) is 30.5. The van der Waals surface area contributed by atoms with Gasteiger partial charge in [0.2, 0.25) is 0 Å². The van der Waals surface area contributed by atoms with Crippen molar-refractivity contribution < 1.29 is 18.0 Å². The molecule has 0 amide bonds. The molecular weight excluding hydrogens is 597 g/mol. The van der Waals surface area contributed by atoms with E-state index >= 15 is 0 Å². The summed E-state index contributed by atoms with van der Waals surface area (Å²) in [5.74, 6) is 0. The normalized spacial score (nSPS) is 12.9. The summed E-state index contributed by atoms with van der Waals surface area (Å²) in [6.07, 6.45) is 5.43. The van der Waals surface area contributed by atoms with Crippen molar-refractivity contribution in [2.45, 2.75) is 103 Å². The van der Waals surface area contributed by atoms with Gasteiger partial charge in [0, 0.05) is 19.4 Å². The first-order valence-electron chi connectivity index (χ1n) is 12.2. The molecule has 4 nitrogen and oxygen atoms in total. The molecule has 0 bridgehead atoms. The van der Waals surface area contributed by atoms with E-state index in [1.807, 2.05) is 13.3 Å². The fourth-order valence-electron chi connectivity index (χ4n) is 1.88. The number of halogens is 1. The quantitative estimate of drug-likeness (QED) is 0.0731. The second-order valence-corrected chi connectivity index (χ2v) is 28.3. The van der Waals surface area contributed by atoms with Gasteiger partial charge in [-0.05, 0) is 79.7 Å². The number of hydrogen-bond donors (Lipinski definition) is 0. The van der Waals surface area contributed by atoms with E-state index in [1.54, 1.807) is 13.3 Å². The van der Waals surface area contributed by atoms with Gasteiger partial charge in [-0.1, -0.05) is 68.7 Å². The van der Waals surface area contributed by atoms with E-state index in [4.69, 9.17) is 8.85 Å². The van der Waals surface area contributed by atoms with Crippen LogP contribution < -0.4 is 0 Å². The Labute approximate surface area is 225 Å². The Balaban J connectivity index is -0.000000476. The summed E-state index contributed by atoms with van der Waals surface area (Å²) in [7, 11) is -5.72. The monoisotopic (exact) mass is 655 g/mol. The van der Waals surface area contributed by atoms with E-state index in [1.165, 1.54) is 17.3 Å². The molecule has 0 unspecified atom stereocenters. The minimum absolute atomic E-state index is 0.289. The second kappa shape index (κ2) is 17.8. The third-order valence-electron chi connectivity index (χ3n) is 6.16. The van der Waals surface area contributed by atoms with Crippen molar-refractivity contribution in [1.82, 2.24) is 0 Å². The lowest BCUT2D eigenvalue weighted by molar-refractivity contribution is 0.281. The van der Waals surface area contributed by atoms with E-state index in [-0.39, 0.29) is 5.04 Å². The van der Waals surface area contributed by atoms with E-state index in [2.05, 4.69) is 90.3 Å². The van der Waals surface area contributed by atoms with Gasteiger partial charge >= 0.3 is 7.80 Å². The smallest absolute Gasteiger partial charge is 0.332 e. The first-order chi connectivity index (χ1) is 14.5. The van der Waals surface area contributed by atoms with Crippen molar-refractivity contribution in [3.8, 4) is 0 Å². The summed E-state index contributed by atoms with van der Waals surface area (Å²) < 4.78 is 34.4. The zero-order chi connectivity index (χ0) is 27.1. The molecule has 0 N–H and O–H groups in total. The molecule has 0 radical (unpaired) electrons. The zero-order valence-electron chi connectivity index (χ0n) is 24.6. The maximum atomic E-state index is 11.5. The molecule has 0 rings (SSSR count). The highest BCUT2D eigenvalue weighted by Gasteiger charge is 2.37. The molecule has 9 heteroatoms. The second-order valence-electron chi connectivity index (χ2n) is 12.4. The lowest BCUT2D eigenvalue weighted by Gasteiger charge is -2.36. The fraction of sp³-hybridized carbons (Fsp3) is 1.00. The van der Waals surface area contributed by atoms with Crippen LogP contribution in [0.5, 0.6) is 0 Å². The lowest BCUT2D eigenvalue weighted by atomic mass is 10.2. The van der Waals surface area contributed by atoms with Crippen molar-refractivity contribution in [3.05, 3.63) is 0 Å². The van der Waals surface area contributed by atoms with E-state index in [0.717, 1.165) is 32.2 Å². The Bertz CT molecular complexity index is 562. The van der Waals surface area contributed by atoms with Gasteiger partial charge in [-0.25, -0.2) is 0 Å². The topological polar surface area (TPSA) is 52.6 Å². The van der Waals surface area contributed by atoms with Crippen molar-refractivity contribution in [3.63, 3.8) is 0 Å². The van der Waals surface area contributed by atoms with Gasteiger partial charge in [0.15, 0.2) is 16.6 Å². The predicted molar refractivity (Wildman–Crippen MR) is 167 cm³/mol. The Morgan fingerprint density at radius 1 is 0.758 bits per heavy atom. The summed E-state index contributed by atoms with van der Waals surface area (Å²) in [5, 5.41) is 0.648. The molecule has 0 saturated carbocycles. The largest absolute Gasteiger partial charge is 0.417 e. The standard InChI is InChI=1S/C12H29O2PSi.C10H23IOSi.C2H6OP/c1-12(2,3)16(6,7)14-10-8-9-11-15(4,5)13;1-10(2,3)13(4,5)12-9-7-6-8-11;1-4(2)3/h8-11H2,1-7H3;6-9H2,1-5H3;1-2H3/q;;+1. The molecule has 0 aromatic heterocycles. The minimum atomic E-state index is -1.82. The predicted octanol–water partition coefficient (Wildman–Crippen LogP) is 9.71. The molecule has 0 aliphatic carbocycles. The molecule has 0 aliphatic heterocycles. The van der Waals surface area contributed by atoms with Gasteiger partial charge in [-0.2, -0.15) is 0 Å². The molecule has 0 spiro atoms. The van der Waals surface area contributed by atoms with Crippen LogP contribution in [0.2, 0.25) is 36.3 Å². The van der Waals surface area contributed by atoms with Crippen molar-refractivity contribution >= 4 is 54.2 Å². The third-order valence-corrected chi connectivity index (χ3v) is 17.4. The van der Waals surface area contributed by atoms with Crippen LogP contribution in [0, 0.1) is 0 Å². The summed E-state index contributed by atoms with van der Waals surface area (Å²) in [5.41, 5.74) is 0. The van der Waals surface area contributed by atoms with E-state index < -0.39 is 31.6 Å². The molecule has 0 fully saturated rings. The molecule has 0 heterocycles. The number of hydrogen-bond acceptors (Lipinski definition) is 4. The molecule has 0 aromatic carbocycles. The molecule has 0 aromatic rings. The molecule has 33 heavy (non-hydrogen) atoms. The van der Waals surface area contributed by atoms with Gasteiger partial charge in [-0.15, -0.1) is 0 Å². The highest BCUT2D eigenvalue weighted by atomic mass is 127. The average Bonchev–Trinajstić information content (AvgIpc) is 2.55. The Morgan fingerprint density at radius 3 is 1.30 bits per heavy atom. The van der Waals surface area contributed by atoms with Gasteiger partial charge < -0.3 is 13.4 Å². The molecule has 202 valence electrons. The lowest BCUT2D eigenvalue weighted by Crippen LogP contribution is -2.40. The van der Waals surface area contributed by atoms with Crippen molar-refractivity contribution in [1.29, 1.82) is 0 Å². The van der Waals surface area contributed by atoms with E-state index in [9.17, 15) is 9.13 Å². The number of alkyl halides is 1. The molecular formula is C24H58IO4P2Si2+. The van der Waals surface area contributed by atoms with Crippen LogP contribution in [0.4, 0.5) is 0 Å². The minimum Gasteiger partial charge on any atom is -0.417 e. The summed E-state index contributed by atoms with van der Waals surface area (Å²) >= 11 is 2.42. The molecule has 0 aliphatic rings. The number of unbranched alkanes of at least 4 members (excludes halogenated alkanes) is 2. The highest BCUT2D eigenvalue weighted by molar-refractivity contribution is 14.1.